The molecule has 1 heterocycles. The number of aromatic nitrogens is 1. The third-order valence-corrected chi connectivity index (χ3v) is 4.34. The summed E-state index contributed by atoms with van der Waals surface area (Å²) in [6, 6.07) is 8.44. The predicted molar refractivity (Wildman–Crippen MR) is 85.8 cm³/mol. The van der Waals surface area contributed by atoms with E-state index in [0.717, 1.165) is 17.1 Å². The Morgan fingerprint density at radius 3 is 2.55 bits per heavy atom. The topological polar surface area (TPSA) is 50.9 Å². The number of thiazole rings is 1. The average molecular weight is 289 g/mol. The number of nitrogens with one attached hydrogen (secondary N) is 1. The van der Waals surface area contributed by atoms with E-state index in [1.165, 1.54) is 11.1 Å². The molecule has 20 heavy (non-hydrogen) atoms. The fourth-order valence-corrected chi connectivity index (χ4v) is 3.23. The second-order valence-electron chi connectivity index (χ2n) is 6.16. The predicted octanol–water partition coefficient (Wildman–Crippen LogP) is 3.50. The van der Waals surface area contributed by atoms with Gasteiger partial charge in [0.15, 0.2) is 0 Å². The van der Waals surface area contributed by atoms with Gasteiger partial charge in [0.05, 0.1) is 16.7 Å². The van der Waals surface area contributed by atoms with E-state index in [4.69, 9.17) is 10.8 Å². The number of nitrogens with zero attached hydrogens (tertiary/aromatic N) is 1. The summed E-state index contributed by atoms with van der Waals surface area (Å²) >= 11 is 1.71. The molecule has 1 atom stereocenters. The molecule has 0 spiro atoms. The van der Waals surface area contributed by atoms with Crippen molar-refractivity contribution < 1.29 is 0 Å². The number of nitrogens with two attached hydrogens (primary N) is 1. The second-order valence-corrected chi connectivity index (χ2v) is 7.10. The van der Waals surface area contributed by atoms with Crippen molar-refractivity contribution in [1.29, 1.82) is 0 Å². The number of benzene rings is 1. The van der Waals surface area contributed by atoms with Crippen molar-refractivity contribution in [3.8, 4) is 0 Å². The van der Waals surface area contributed by atoms with Gasteiger partial charge in [-0.2, -0.15) is 0 Å². The summed E-state index contributed by atoms with van der Waals surface area (Å²) in [5.41, 5.74) is 6.66. The summed E-state index contributed by atoms with van der Waals surface area (Å²) in [7, 11) is 0. The first-order valence-corrected chi connectivity index (χ1v) is 7.76. The number of aryl methyl sites for hydroxylation is 1. The van der Waals surface area contributed by atoms with Gasteiger partial charge in [0.1, 0.15) is 0 Å². The fraction of sp³-hybridized carbons (Fsp3) is 0.438. The largest absolute Gasteiger partial charge is 0.271 e. The molecule has 3 nitrogen and oxygen atoms in total. The molecule has 1 unspecified atom stereocenters. The zero-order chi connectivity index (χ0) is 14.8. The molecule has 0 saturated heterocycles. The monoisotopic (exact) mass is 289 g/mol. The Hall–Kier alpha value is -1.23. The van der Waals surface area contributed by atoms with Crippen LogP contribution < -0.4 is 11.3 Å². The smallest absolute Gasteiger partial charge is 0.0948 e. The molecule has 1 aromatic heterocycles. The lowest BCUT2D eigenvalue weighted by Gasteiger charge is -2.18. The minimum Gasteiger partial charge on any atom is -0.271 e. The molecule has 0 radical (unpaired) electrons. The first-order chi connectivity index (χ1) is 9.41. The van der Waals surface area contributed by atoms with Crippen LogP contribution in [0.3, 0.4) is 0 Å². The van der Waals surface area contributed by atoms with E-state index in [9.17, 15) is 0 Å². The normalized spacial score (nSPS) is 13.4. The van der Waals surface area contributed by atoms with Gasteiger partial charge in [-0.25, -0.2) is 4.98 Å². The highest BCUT2D eigenvalue weighted by atomic mass is 32.1. The van der Waals surface area contributed by atoms with Gasteiger partial charge in [0, 0.05) is 17.2 Å². The van der Waals surface area contributed by atoms with Crippen molar-refractivity contribution in [3.05, 3.63) is 51.5 Å². The van der Waals surface area contributed by atoms with E-state index in [1.54, 1.807) is 11.3 Å². The van der Waals surface area contributed by atoms with Crippen molar-refractivity contribution in [2.45, 2.75) is 45.6 Å². The van der Waals surface area contributed by atoms with E-state index >= 15 is 0 Å². The first kappa shape index (κ1) is 15.2. The van der Waals surface area contributed by atoms with Gasteiger partial charge in [-0.3, -0.25) is 11.3 Å². The van der Waals surface area contributed by atoms with Crippen LogP contribution in [0.4, 0.5) is 0 Å². The van der Waals surface area contributed by atoms with Crippen LogP contribution in [-0.2, 0) is 11.8 Å². The van der Waals surface area contributed by atoms with Gasteiger partial charge in [-0.05, 0) is 18.1 Å². The van der Waals surface area contributed by atoms with Crippen LogP contribution in [0, 0.1) is 6.92 Å². The SMILES string of the molecule is Cc1ccccc1C(Cc1nc(C(C)(C)C)cs1)NN. The van der Waals surface area contributed by atoms with Crippen molar-refractivity contribution in [2.24, 2.45) is 5.84 Å². The van der Waals surface area contributed by atoms with E-state index in [2.05, 4.69) is 56.7 Å². The summed E-state index contributed by atoms with van der Waals surface area (Å²) in [6.07, 6.45) is 0.822. The number of hydrogen-bond donors (Lipinski definition) is 2. The minimum absolute atomic E-state index is 0.100. The molecule has 0 aliphatic carbocycles. The van der Waals surface area contributed by atoms with E-state index in [1.807, 2.05) is 6.07 Å². The standard InChI is InChI=1S/C16H23N3S/c1-11-7-5-6-8-12(11)13(19-17)9-15-18-14(10-20-15)16(2,3)4/h5-8,10,13,19H,9,17H2,1-4H3. The molecule has 0 saturated carbocycles. The highest BCUT2D eigenvalue weighted by Crippen LogP contribution is 2.27. The van der Waals surface area contributed by atoms with Crippen molar-refractivity contribution >= 4 is 11.3 Å². The molecule has 4 heteroatoms. The molecule has 0 aliphatic heterocycles. The minimum atomic E-state index is 0.100. The Kier molecular flexibility index (Phi) is 4.58. The molecule has 108 valence electrons. The molecule has 2 aromatic rings. The van der Waals surface area contributed by atoms with Crippen LogP contribution in [0.15, 0.2) is 29.6 Å². The Morgan fingerprint density at radius 2 is 2.00 bits per heavy atom. The average Bonchev–Trinajstić information content (AvgIpc) is 2.85. The zero-order valence-corrected chi connectivity index (χ0v) is 13.4. The van der Waals surface area contributed by atoms with E-state index in [-0.39, 0.29) is 11.5 Å². The van der Waals surface area contributed by atoms with Gasteiger partial charge >= 0.3 is 0 Å². The van der Waals surface area contributed by atoms with Gasteiger partial charge < -0.3 is 0 Å². The van der Waals surface area contributed by atoms with Crippen molar-refractivity contribution in [3.63, 3.8) is 0 Å². The summed E-state index contributed by atoms with van der Waals surface area (Å²) in [5.74, 6) is 5.74. The van der Waals surface area contributed by atoms with E-state index < -0.39 is 0 Å². The Bertz CT molecular complexity index is 569. The molecular formula is C16H23N3S. The van der Waals surface area contributed by atoms with Gasteiger partial charge in [0.2, 0.25) is 0 Å². The highest BCUT2D eigenvalue weighted by Gasteiger charge is 2.19. The van der Waals surface area contributed by atoms with Gasteiger partial charge in [0.25, 0.3) is 0 Å². The maximum Gasteiger partial charge on any atom is 0.0948 e. The van der Waals surface area contributed by atoms with Crippen LogP contribution in [-0.4, -0.2) is 4.98 Å². The Labute approximate surface area is 125 Å². The van der Waals surface area contributed by atoms with Crippen molar-refractivity contribution in [1.82, 2.24) is 10.4 Å². The maximum absolute atomic E-state index is 5.74. The van der Waals surface area contributed by atoms with Crippen LogP contribution in [0.2, 0.25) is 0 Å². The molecule has 0 fully saturated rings. The summed E-state index contributed by atoms with van der Waals surface area (Å²) in [6.45, 7) is 8.67. The molecule has 2 rings (SSSR count). The zero-order valence-electron chi connectivity index (χ0n) is 12.6. The first-order valence-electron chi connectivity index (χ1n) is 6.88. The third-order valence-electron chi connectivity index (χ3n) is 3.46. The Balaban J connectivity index is 2.19. The lowest BCUT2D eigenvalue weighted by molar-refractivity contribution is 0.539. The molecule has 3 N–H and O–H groups in total. The fourth-order valence-electron chi connectivity index (χ4n) is 2.16. The molecule has 0 bridgehead atoms. The van der Waals surface area contributed by atoms with Crippen LogP contribution in [0.5, 0.6) is 0 Å². The van der Waals surface area contributed by atoms with Crippen molar-refractivity contribution in [2.75, 3.05) is 0 Å². The quantitative estimate of drug-likeness (QED) is 0.669. The lowest BCUT2D eigenvalue weighted by atomic mass is 9.93. The summed E-state index contributed by atoms with van der Waals surface area (Å²) < 4.78 is 0. The third kappa shape index (κ3) is 3.45. The second kappa shape index (κ2) is 6.04. The lowest BCUT2D eigenvalue weighted by Crippen LogP contribution is -2.30. The van der Waals surface area contributed by atoms with Gasteiger partial charge in [-0.15, -0.1) is 11.3 Å². The molecule has 0 aliphatic rings. The van der Waals surface area contributed by atoms with E-state index in [0.29, 0.717) is 0 Å². The maximum atomic E-state index is 5.74. The van der Waals surface area contributed by atoms with Crippen LogP contribution in [0.25, 0.3) is 0 Å². The molecule has 1 aromatic carbocycles. The molecular weight excluding hydrogens is 266 g/mol. The number of rotatable bonds is 4. The van der Waals surface area contributed by atoms with Gasteiger partial charge in [-0.1, -0.05) is 45.0 Å². The number of hydrazine groups is 1. The molecule has 0 amide bonds. The Morgan fingerprint density at radius 1 is 1.30 bits per heavy atom. The van der Waals surface area contributed by atoms with Crippen LogP contribution in [0.1, 0.15) is 48.6 Å². The summed E-state index contributed by atoms with van der Waals surface area (Å²) in [5, 5.41) is 3.28. The van der Waals surface area contributed by atoms with Crippen LogP contribution >= 0.6 is 11.3 Å². The summed E-state index contributed by atoms with van der Waals surface area (Å²) in [4.78, 5) is 4.75. The highest BCUT2D eigenvalue weighted by molar-refractivity contribution is 7.09. The number of hydrogen-bond acceptors (Lipinski definition) is 4.